The van der Waals surface area contributed by atoms with Gasteiger partial charge >= 0.3 is 0 Å². The van der Waals surface area contributed by atoms with E-state index in [2.05, 4.69) is 241 Å². The fraction of sp³-hybridized carbons (Fsp3) is 0. The topological polar surface area (TPSA) is 16.4 Å². The van der Waals surface area contributed by atoms with Gasteiger partial charge in [-0.25, -0.2) is 0 Å². The van der Waals surface area contributed by atoms with E-state index in [1.807, 2.05) is 12.1 Å². The first kappa shape index (κ1) is 37.3. The summed E-state index contributed by atoms with van der Waals surface area (Å²) >= 11 is 0. The zero-order valence-corrected chi connectivity index (χ0v) is 35.0. The lowest BCUT2D eigenvalue weighted by Gasteiger charge is -2.26. The van der Waals surface area contributed by atoms with Crippen LogP contribution in [0, 0.1) is 0 Å². The fourth-order valence-corrected chi connectivity index (χ4v) is 9.51. The lowest BCUT2D eigenvalue weighted by molar-refractivity contribution is 0.632. The molecule has 0 bridgehead atoms. The van der Waals surface area contributed by atoms with Crippen molar-refractivity contribution in [1.82, 2.24) is 0 Å². The molecule has 2 heteroatoms. The molecule has 0 aliphatic heterocycles. The first-order valence-electron chi connectivity index (χ1n) is 21.9. The van der Waals surface area contributed by atoms with E-state index >= 15 is 0 Å². The highest BCUT2D eigenvalue weighted by Crippen LogP contribution is 2.42. The maximum Gasteiger partial charge on any atom is 0.136 e. The van der Waals surface area contributed by atoms with Crippen molar-refractivity contribution in [2.75, 3.05) is 4.90 Å². The van der Waals surface area contributed by atoms with Gasteiger partial charge in [-0.05, 0) is 137 Å². The molecule has 0 unspecified atom stereocenters. The van der Waals surface area contributed by atoms with Gasteiger partial charge in [0.2, 0.25) is 0 Å². The molecule has 0 N–H and O–H groups in total. The second-order valence-corrected chi connectivity index (χ2v) is 16.5. The number of benzene rings is 11. The molecule has 0 fully saturated rings. The molecule has 12 rings (SSSR count). The van der Waals surface area contributed by atoms with Crippen LogP contribution >= 0.6 is 0 Å². The van der Waals surface area contributed by atoms with Gasteiger partial charge < -0.3 is 9.32 Å². The molecule has 0 aliphatic rings. The van der Waals surface area contributed by atoms with Crippen LogP contribution in [0.1, 0.15) is 0 Å². The Kier molecular flexibility index (Phi) is 9.20. The van der Waals surface area contributed by atoms with E-state index in [-0.39, 0.29) is 0 Å². The summed E-state index contributed by atoms with van der Waals surface area (Å²) in [6.07, 6.45) is 0. The van der Waals surface area contributed by atoms with E-state index in [0.717, 1.165) is 61.6 Å². The number of para-hydroxylation sites is 1. The van der Waals surface area contributed by atoms with E-state index in [4.69, 9.17) is 4.42 Å². The summed E-state index contributed by atoms with van der Waals surface area (Å²) < 4.78 is 6.48. The van der Waals surface area contributed by atoms with Crippen molar-refractivity contribution in [1.29, 1.82) is 0 Å². The lowest BCUT2D eigenvalue weighted by Crippen LogP contribution is -2.09. The van der Waals surface area contributed by atoms with Crippen molar-refractivity contribution in [3.05, 3.63) is 249 Å². The summed E-state index contributed by atoms with van der Waals surface area (Å²) in [5.74, 6) is 0.858. The van der Waals surface area contributed by atoms with Crippen LogP contribution in [0.5, 0.6) is 0 Å². The van der Waals surface area contributed by atoms with Crippen molar-refractivity contribution in [2.24, 2.45) is 0 Å². The van der Waals surface area contributed by atoms with Crippen LogP contribution in [0.2, 0.25) is 0 Å². The minimum Gasteiger partial charge on any atom is -0.456 e. The molecule has 1 aromatic heterocycles. The number of fused-ring (bicyclic) bond motifs is 5. The molecule has 12 aromatic rings. The van der Waals surface area contributed by atoms with E-state index in [1.54, 1.807) is 0 Å². The first-order valence-corrected chi connectivity index (χ1v) is 21.9. The zero-order chi connectivity index (χ0) is 42.4. The molecule has 0 saturated carbocycles. The van der Waals surface area contributed by atoms with Gasteiger partial charge in [-0.2, -0.15) is 0 Å². The van der Waals surface area contributed by atoms with Gasteiger partial charge in [0.1, 0.15) is 11.3 Å². The van der Waals surface area contributed by atoms with Crippen molar-refractivity contribution >= 4 is 60.3 Å². The van der Waals surface area contributed by atoms with Crippen molar-refractivity contribution < 1.29 is 4.42 Å². The zero-order valence-electron chi connectivity index (χ0n) is 35.0. The molecule has 0 aliphatic carbocycles. The smallest absolute Gasteiger partial charge is 0.136 e. The van der Waals surface area contributed by atoms with Gasteiger partial charge in [0.25, 0.3) is 0 Å². The predicted molar refractivity (Wildman–Crippen MR) is 271 cm³/mol. The van der Waals surface area contributed by atoms with Crippen LogP contribution in [0.15, 0.2) is 253 Å². The molecular weight excluding hydrogens is 775 g/mol. The third-order valence-corrected chi connectivity index (χ3v) is 12.7. The summed E-state index contributed by atoms with van der Waals surface area (Å²) in [6.45, 7) is 0. The molecule has 300 valence electrons. The maximum absolute atomic E-state index is 6.48. The third-order valence-electron chi connectivity index (χ3n) is 12.7. The predicted octanol–water partition coefficient (Wildman–Crippen LogP) is 17.7. The molecular formula is C62H41NO. The summed E-state index contributed by atoms with van der Waals surface area (Å²) in [4.78, 5) is 2.36. The van der Waals surface area contributed by atoms with Crippen LogP contribution in [-0.2, 0) is 0 Å². The van der Waals surface area contributed by atoms with Gasteiger partial charge in [-0.15, -0.1) is 0 Å². The minimum atomic E-state index is 0.858. The molecule has 64 heavy (non-hydrogen) atoms. The fourth-order valence-electron chi connectivity index (χ4n) is 9.51. The van der Waals surface area contributed by atoms with Gasteiger partial charge in [0, 0.05) is 28.0 Å². The largest absolute Gasteiger partial charge is 0.456 e. The highest BCUT2D eigenvalue weighted by Gasteiger charge is 2.18. The number of hydrogen-bond acceptors (Lipinski definition) is 2. The van der Waals surface area contributed by atoms with Crippen LogP contribution in [0.3, 0.4) is 0 Å². The molecule has 0 amide bonds. The second-order valence-electron chi connectivity index (χ2n) is 16.5. The van der Waals surface area contributed by atoms with Crippen molar-refractivity contribution in [2.45, 2.75) is 0 Å². The average Bonchev–Trinajstić information content (AvgIpc) is 3.82. The van der Waals surface area contributed by atoms with E-state index in [9.17, 15) is 0 Å². The molecule has 0 spiro atoms. The Bertz CT molecular complexity index is 3600. The van der Waals surface area contributed by atoms with E-state index in [0.29, 0.717) is 0 Å². The van der Waals surface area contributed by atoms with Crippen molar-refractivity contribution in [3.8, 4) is 55.8 Å². The Labute approximate surface area is 372 Å². The summed E-state index contributed by atoms with van der Waals surface area (Å²) in [5, 5.41) is 8.63. The second kappa shape index (κ2) is 15.8. The van der Waals surface area contributed by atoms with E-state index < -0.39 is 0 Å². The van der Waals surface area contributed by atoms with Crippen LogP contribution in [-0.4, -0.2) is 0 Å². The Morgan fingerprint density at radius 1 is 0.250 bits per heavy atom. The molecule has 0 atom stereocenters. The Balaban J connectivity index is 0.948. The molecule has 11 aromatic carbocycles. The van der Waals surface area contributed by atoms with Gasteiger partial charge in [0.15, 0.2) is 0 Å². The SMILES string of the molecule is c1ccc(-c2ccc(-c3ccc(N(c4ccc(-c5cccc6ccccc56)cc4)c4ccc(-c5cc6ccccc6c6ccccc56)cc4)cc3)cc2-c2cc3ccccc3o2)cc1. The molecule has 2 nitrogen and oxygen atoms in total. The van der Waals surface area contributed by atoms with Gasteiger partial charge in [0.05, 0.1) is 0 Å². The highest BCUT2D eigenvalue weighted by molar-refractivity contribution is 6.13. The van der Waals surface area contributed by atoms with Crippen LogP contribution < -0.4 is 4.90 Å². The highest BCUT2D eigenvalue weighted by atomic mass is 16.3. The summed E-state index contributed by atoms with van der Waals surface area (Å²) in [6, 6.07) is 89.6. The maximum atomic E-state index is 6.48. The number of rotatable bonds is 8. The van der Waals surface area contributed by atoms with Crippen LogP contribution in [0.25, 0.3) is 99.1 Å². The Morgan fingerprint density at radius 2 is 0.766 bits per heavy atom. The minimum absolute atomic E-state index is 0.858. The quantitative estimate of drug-likeness (QED) is 0.142. The van der Waals surface area contributed by atoms with Crippen LogP contribution in [0.4, 0.5) is 17.1 Å². The number of anilines is 3. The summed E-state index contributed by atoms with van der Waals surface area (Å²) in [7, 11) is 0. The monoisotopic (exact) mass is 815 g/mol. The van der Waals surface area contributed by atoms with Gasteiger partial charge in [-0.3, -0.25) is 0 Å². The molecule has 0 saturated heterocycles. The number of hydrogen-bond donors (Lipinski definition) is 0. The Hall–Kier alpha value is -8.46. The van der Waals surface area contributed by atoms with Crippen molar-refractivity contribution in [3.63, 3.8) is 0 Å². The number of furan rings is 1. The Morgan fingerprint density at radius 3 is 1.47 bits per heavy atom. The van der Waals surface area contributed by atoms with E-state index in [1.165, 1.54) is 54.6 Å². The summed E-state index contributed by atoms with van der Waals surface area (Å²) in [5.41, 5.74) is 14.6. The normalized spacial score (nSPS) is 11.4. The third kappa shape index (κ3) is 6.70. The molecule has 1 heterocycles. The van der Waals surface area contributed by atoms with Gasteiger partial charge in [-0.1, -0.05) is 188 Å². The lowest BCUT2D eigenvalue weighted by atomic mass is 9.93. The standard InChI is InChI=1S/C62H41NO/c1-2-13-43(14-3-1)56-38-31-47(39-60(56)62-41-49-17-6-11-24-61(49)64-62)42-25-32-50(33-26-42)63(51-34-27-45(28-35-51)54-23-12-18-44-15-4-7-19-53(44)54)52-36-29-46(30-37-52)59-40-48-16-5-8-20-55(48)57-21-9-10-22-58(57)59/h1-41H. The number of nitrogens with zero attached hydrogens (tertiary/aromatic N) is 1. The molecule has 0 radical (unpaired) electrons. The first-order chi connectivity index (χ1) is 31.7. The average molecular weight is 816 g/mol.